The van der Waals surface area contributed by atoms with E-state index in [0.717, 1.165) is 19.8 Å². The zero-order valence-corrected chi connectivity index (χ0v) is 14.5. The van der Waals surface area contributed by atoms with E-state index in [0.29, 0.717) is 12.1 Å². The van der Waals surface area contributed by atoms with Gasteiger partial charge in [0.1, 0.15) is 0 Å². The number of aliphatic hydroxyl groups excluding tert-OH is 1. The summed E-state index contributed by atoms with van der Waals surface area (Å²) in [6, 6.07) is 3.89. The van der Waals surface area contributed by atoms with E-state index in [1.165, 1.54) is 0 Å². The Bertz CT molecular complexity index is 637. The Hall–Kier alpha value is -0.850. The minimum Gasteiger partial charge on any atom is -0.395 e. The highest BCUT2D eigenvalue weighted by Gasteiger charge is 2.21. The number of amides is 1. The number of H-pyrrole nitrogens is 1. The summed E-state index contributed by atoms with van der Waals surface area (Å²) in [5, 5.41) is 9.98. The van der Waals surface area contributed by atoms with Crippen molar-refractivity contribution in [1.29, 1.82) is 0 Å². The zero-order chi connectivity index (χ0) is 14.9. The van der Waals surface area contributed by atoms with Gasteiger partial charge in [-0.3, -0.25) is 4.79 Å². The van der Waals surface area contributed by atoms with Crippen LogP contribution in [0.2, 0.25) is 0 Å². The molecule has 4 nitrogen and oxygen atoms in total. The number of fused-ring (bicyclic) bond motifs is 1. The maximum absolute atomic E-state index is 12.6. The Morgan fingerprint density at radius 3 is 2.60 bits per heavy atom. The summed E-state index contributed by atoms with van der Waals surface area (Å²) in [6.07, 6.45) is 1.72. The highest BCUT2D eigenvalue weighted by molar-refractivity contribution is 9.13. The average Bonchev–Trinajstić information content (AvgIpc) is 2.78. The summed E-state index contributed by atoms with van der Waals surface area (Å²) in [7, 11) is 0. The van der Waals surface area contributed by atoms with Gasteiger partial charge in [0, 0.05) is 38.6 Å². The third-order valence-electron chi connectivity index (χ3n) is 3.18. The topological polar surface area (TPSA) is 56.3 Å². The molecule has 0 atom stereocenters. The lowest BCUT2D eigenvalue weighted by atomic mass is 10.1. The van der Waals surface area contributed by atoms with E-state index >= 15 is 0 Å². The second kappa shape index (κ2) is 6.28. The van der Waals surface area contributed by atoms with E-state index in [-0.39, 0.29) is 18.6 Å². The van der Waals surface area contributed by atoms with Crippen LogP contribution in [-0.4, -0.2) is 40.1 Å². The van der Waals surface area contributed by atoms with Gasteiger partial charge in [-0.2, -0.15) is 0 Å². The van der Waals surface area contributed by atoms with Crippen molar-refractivity contribution in [2.24, 2.45) is 0 Å². The average molecular weight is 404 g/mol. The molecule has 108 valence electrons. The summed E-state index contributed by atoms with van der Waals surface area (Å²) in [5.41, 5.74) is 1.52. The molecule has 0 radical (unpaired) electrons. The van der Waals surface area contributed by atoms with Gasteiger partial charge in [-0.1, -0.05) is 0 Å². The van der Waals surface area contributed by atoms with Crippen LogP contribution in [0.25, 0.3) is 10.9 Å². The molecule has 2 aromatic rings. The van der Waals surface area contributed by atoms with Crippen molar-refractivity contribution in [2.45, 2.75) is 19.9 Å². The first-order valence-corrected chi connectivity index (χ1v) is 7.92. The van der Waals surface area contributed by atoms with Gasteiger partial charge in [-0.05, 0) is 57.8 Å². The van der Waals surface area contributed by atoms with Crippen LogP contribution < -0.4 is 0 Å². The molecule has 20 heavy (non-hydrogen) atoms. The Labute approximate surface area is 134 Å². The smallest absolute Gasteiger partial charge is 0.256 e. The number of benzene rings is 1. The largest absolute Gasteiger partial charge is 0.395 e. The number of aromatic amines is 1. The predicted octanol–water partition coefficient (Wildman–Crippen LogP) is 3.54. The van der Waals surface area contributed by atoms with Crippen molar-refractivity contribution in [3.8, 4) is 0 Å². The standard InChI is InChI=1S/C14H16Br2N2O2/c1-8(2)18(3-4-19)14(20)10-7-17-13-6-12(16)11(15)5-9(10)13/h5-8,17,19H,3-4H2,1-2H3. The number of aliphatic hydroxyl groups is 1. The highest BCUT2D eigenvalue weighted by atomic mass is 79.9. The second-order valence-corrected chi connectivity index (χ2v) is 6.54. The van der Waals surface area contributed by atoms with Crippen molar-refractivity contribution in [3.05, 3.63) is 32.8 Å². The van der Waals surface area contributed by atoms with Crippen molar-refractivity contribution < 1.29 is 9.90 Å². The number of carbonyl (C=O) groups excluding carboxylic acids is 1. The SMILES string of the molecule is CC(C)N(CCO)C(=O)c1c[nH]c2cc(Br)c(Br)cc12. The molecule has 1 aromatic heterocycles. The summed E-state index contributed by atoms with van der Waals surface area (Å²) in [5.74, 6) is -0.0745. The molecule has 2 rings (SSSR count). The molecule has 0 saturated carbocycles. The van der Waals surface area contributed by atoms with E-state index in [2.05, 4.69) is 36.8 Å². The minimum absolute atomic E-state index is 0.0402. The lowest BCUT2D eigenvalue weighted by molar-refractivity contribution is 0.0667. The van der Waals surface area contributed by atoms with Gasteiger partial charge in [0.2, 0.25) is 0 Å². The van der Waals surface area contributed by atoms with Crippen LogP contribution in [0.1, 0.15) is 24.2 Å². The number of rotatable bonds is 4. The van der Waals surface area contributed by atoms with Gasteiger partial charge < -0.3 is 15.0 Å². The number of nitrogens with zero attached hydrogens (tertiary/aromatic N) is 1. The van der Waals surface area contributed by atoms with Crippen LogP contribution in [-0.2, 0) is 0 Å². The Kier molecular flexibility index (Phi) is 4.88. The second-order valence-electron chi connectivity index (χ2n) is 4.83. The molecule has 1 aromatic carbocycles. The summed E-state index contributed by atoms with van der Waals surface area (Å²) >= 11 is 6.90. The van der Waals surface area contributed by atoms with Crippen molar-refractivity contribution in [1.82, 2.24) is 9.88 Å². The van der Waals surface area contributed by atoms with Crippen LogP contribution in [0, 0.1) is 0 Å². The minimum atomic E-state index is -0.0745. The highest BCUT2D eigenvalue weighted by Crippen LogP contribution is 2.30. The van der Waals surface area contributed by atoms with Gasteiger partial charge in [0.15, 0.2) is 0 Å². The molecule has 2 N–H and O–H groups in total. The first-order valence-electron chi connectivity index (χ1n) is 6.33. The molecule has 0 aliphatic carbocycles. The van der Waals surface area contributed by atoms with E-state index < -0.39 is 0 Å². The number of carbonyl (C=O) groups is 1. The fraction of sp³-hybridized carbons (Fsp3) is 0.357. The van der Waals surface area contributed by atoms with Crippen LogP contribution in [0.15, 0.2) is 27.3 Å². The molecule has 6 heteroatoms. The summed E-state index contributed by atoms with van der Waals surface area (Å²) < 4.78 is 1.83. The molecule has 1 amide bonds. The van der Waals surface area contributed by atoms with Gasteiger partial charge in [0.25, 0.3) is 5.91 Å². The number of nitrogens with one attached hydrogen (secondary N) is 1. The molecule has 0 saturated heterocycles. The van der Waals surface area contributed by atoms with Crippen LogP contribution in [0.5, 0.6) is 0 Å². The van der Waals surface area contributed by atoms with Crippen LogP contribution in [0.4, 0.5) is 0 Å². The van der Waals surface area contributed by atoms with Gasteiger partial charge in [-0.15, -0.1) is 0 Å². The number of hydrogen-bond donors (Lipinski definition) is 2. The quantitative estimate of drug-likeness (QED) is 0.820. The Balaban J connectivity index is 2.46. The molecule has 1 heterocycles. The molecular weight excluding hydrogens is 388 g/mol. The number of aromatic nitrogens is 1. The maximum Gasteiger partial charge on any atom is 0.256 e. The normalized spacial score (nSPS) is 11.3. The summed E-state index contributed by atoms with van der Waals surface area (Å²) in [6.45, 7) is 4.17. The lowest BCUT2D eigenvalue weighted by Crippen LogP contribution is -2.38. The predicted molar refractivity (Wildman–Crippen MR) is 87.0 cm³/mol. The molecule has 0 aliphatic rings. The van der Waals surface area contributed by atoms with Crippen molar-refractivity contribution in [2.75, 3.05) is 13.2 Å². The van der Waals surface area contributed by atoms with Crippen LogP contribution >= 0.6 is 31.9 Å². The van der Waals surface area contributed by atoms with E-state index in [1.54, 1.807) is 11.1 Å². The van der Waals surface area contributed by atoms with Crippen molar-refractivity contribution >= 4 is 48.7 Å². The Morgan fingerprint density at radius 1 is 1.35 bits per heavy atom. The van der Waals surface area contributed by atoms with Crippen LogP contribution in [0.3, 0.4) is 0 Å². The number of halogens is 2. The molecule has 0 fully saturated rings. The van der Waals surface area contributed by atoms with Crippen molar-refractivity contribution in [3.63, 3.8) is 0 Å². The molecule has 0 unspecified atom stereocenters. The molecule has 0 aliphatic heterocycles. The monoisotopic (exact) mass is 402 g/mol. The first kappa shape index (κ1) is 15.5. The first-order chi connectivity index (χ1) is 9.45. The van der Waals surface area contributed by atoms with E-state index in [1.807, 2.05) is 26.0 Å². The molecular formula is C14H16Br2N2O2. The third kappa shape index (κ3) is 2.92. The Morgan fingerprint density at radius 2 is 2.00 bits per heavy atom. The van der Waals surface area contributed by atoms with E-state index in [4.69, 9.17) is 5.11 Å². The number of hydrogen-bond acceptors (Lipinski definition) is 2. The maximum atomic E-state index is 12.6. The van der Waals surface area contributed by atoms with Gasteiger partial charge >= 0.3 is 0 Å². The lowest BCUT2D eigenvalue weighted by Gasteiger charge is -2.25. The summed E-state index contributed by atoms with van der Waals surface area (Å²) in [4.78, 5) is 17.4. The fourth-order valence-corrected chi connectivity index (χ4v) is 2.84. The van der Waals surface area contributed by atoms with E-state index in [9.17, 15) is 4.79 Å². The molecule has 0 spiro atoms. The van der Waals surface area contributed by atoms with Gasteiger partial charge in [-0.25, -0.2) is 0 Å². The third-order valence-corrected chi connectivity index (χ3v) is 5.02. The molecule has 0 bridgehead atoms. The van der Waals surface area contributed by atoms with Gasteiger partial charge in [0.05, 0.1) is 12.2 Å². The zero-order valence-electron chi connectivity index (χ0n) is 11.3. The fourth-order valence-electron chi connectivity index (χ4n) is 2.15.